The van der Waals surface area contributed by atoms with Gasteiger partial charge in [0.15, 0.2) is 0 Å². The molecule has 0 aliphatic heterocycles. The van der Waals surface area contributed by atoms with E-state index in [2.05, 4.69) is 17.1 Å². The Kier molecular flexibility index (Phi) is 4.81. The zero-order chi connectivity index (χ0) is 10.9. The van der Waals surface area contributed by atoms with E-state index >= 15 is 0 Å². The van der Waals surface area contributed by atoms with Crippen LogP contribution in [0.4, 0.5) is 0 Å². The summed E-state index contributed by atoms with van der Waals surface area (Å²) >= 11 is 0. The first-order valence-electron chi connectivity index (χ1n) is 4.74. The maximum atomic E-state index is 9.32. The lowest BCUT2D eigenvalue weighted by Gasteiger charge is -1.91. The molecule has 0 atom stereocenters. The molecule has 0 unspecified atom stereocenters. The molecule has 0 spiro atoms. The third-order valence-electron chi connectivity index (χ3n) is 1.78. The Bertz CT molecular complexity index is 383. The third kappa shape index (κ3) is 3.73. The minimum atomic E-state index is 0.750. The van der Waals surface area contributed by atoms with Gasteiger partial charge in [0.1, 0.15) is 6.29 Å². The summed E-state index contributed by atoms with van der Waals surface area (Å²) in [5.74, 6) is 0. The van der Waals surface area contributed by atoms with Crippen LogP contribution >= 0.6 is 0 Å². The first kappa shape index (κ1) is 11.1. The van der Waals surface area contributed by atoms with Crippen molar-refractivity contribution in [1.82, 2.24) is 4.98 Å². The summed E-state index contributed by atoms with van der Waals surface area (Å²) in [6.07, 6.45) is 5.69. The number of hydrogen-bond acceptors (Lipinski definition) is 2. The van der Waals surface area contributed by atoms with Crippen LogP contribution in [0.2, 0.25) is 0 Å². The van der Waals surface area contributed by atoms with Gasteiger partial charge in [-0.05, 0) is 25.1 Å². The average Bonchev–Trinajstić information content (AvgIpc) is 2.31. The summed E-state index contributed by atoms with van der Waals surface area (Å²) in [7, 11) is 0. The zero-order valence-electron chi connectivity index (χ0n) is 8.63. The fraction of sp³-hybridized carbons (Fsp3) is 0.0769. The molecular formula is C13H13NO. The first-order valence-corrected chi connectivity index (χ1v) is 4.74. The summed E-state index contributed by atoms with van der Waals surface area (Å²) in [6.45, 7) is 1.80. The van der Waals surface area contributed by atoms with Crippen LogP contribution in [0, 0.1) is 0 Å². The van der Waals surface area contributed by atoms with E-state index in [0.717, 1.165) is 11.8 Å². The van der Waals surface area contributed by atoms with E-state index in [1.807, 2.05) is 30.5 Å². The SMILES string of the molecule is CC=CC=O.c1ccc2ncccc2c1. The first-order chi connectivity index (χ1) is 7.38. The fourth-order valence-corrected chi connectivity index (χ4v) is 1.09. The molecule has 0 fully saturated rings. The molecule has 2 heteroatoms. The van der Waals surface area contributed by atoms with Gasteiger partial charge in [0, 0.05) is 11.6 Å². The summed E-state index contributed by atoms with van der Waals surface area (Å²) in [4.78, 5) is 13.5. The van der Waals surface area contributed by atoms with E-state index in [9.17, 15) is 4.79 Å². The number of carbonyl (C=O) groups is 1. The summed E-state index contributed by atoms with van der Waals surface area (Å²) in [5.41, 5.74) is 1.06. The number of hydrogen-bond donors (Lipinski definition) is 0. The standard InChI is InChI=1S/C9H7N.C4H6O/c1-2-6-9-8(4-1)5-3-7-10-9;1-2-3-4-5/h1-7H;2-4H,1H3. The number of pyridine rings is 1. The van der Waals surface area contributed by atoms with Gasteiger partial charge in [-0.15, -0.1) is 0 Å². The Hall–Kier alpha value is -1.96. The topological polar surface area (TPSA) is 30.0 Å². The highest BCUT2D eigenvalue weighted by Crippen LogP contribution is 2.07. The van der Waals surface area contributed by atoms with Gasteiger partial charge in [-0.3, -0.25) is 9.78 Å². The number of rotatable bonds is 1. The van der Waals surface area contributed by atoms with Crippen molar-refractivity contribution >= 4 is 17.2 Å². The molecule has 0 amide bonds. The molecule has 2 nitrogen and oxygen atoms in total. The van der Waals surface area contributed by atoms with E-state index in [1.54, 1.807) is 13.0 Å². The number of aromatic nitrogens is 1. The van der Waals surface area contributed by atoms with Gasteiger partial charge >= 0.3 is 0 Å². The zero-order valence-corrected chi connectivity index (χ0v) is 8.63. The van der Waals surface area contributed by atoms with Gasteiger partial charge in [-0.1, -0.05) is 30.3 Å². The highest BCUT2D eigenvalue weighted by molar-refractivity contribution is 5.77. The molecular weight excluding hydrogens is 186 g/mol. The molecule has 0 saturated heterocycles. The molecule has 15 heavy (non-hydrogen) atoms. The van der Waals surface area contributed by atoms with Crippen LogP contribution in [0.15, 0.2) is 54.7 Å². The number of benzene rings is 1. The van der Waals surface area contributed by atoms with E-state index in [0.29, 0.717) is 0 Å². The summed E-state index contributed by atoms with van der Waals surface area (Å²) < 4.78 is 0. The number of fused-ring (bicyclic) bond motifs is 1. The predicted molar refractivity (Wildman–Crippen MR) is 62.6 cm³/mol. The maximum Gasteiger partial charge on any atom is 0.142 e. The molecule has 1 heterocycles. The normalized spacial score (nSPS) is 9.67. The predicted octanol–water partition coefficient (Wildman–Crippen LogP) is 3.00. The van der Waals surface area contributed by atoms with E-state index in [4.69, 9.17) is 0 Å². The van der Waals surface area contributed by atoms with Gasteiger partial charge in [0.05, 0.1) is 5.52 Å². The Morgan fingerprint density at radius 1 is 1.13 bits per heavy atom. The Morgan fingerprint density at radius 2 is 1.87 bits per heavy atom. The molecule has 0 aliphatic carbocycles. The van der Waals surface area contributed by atoms with Crippen molar-refractivity contribution in [3.8, 4) is 0 Å². The van der Waals surface area contributed by atoms with E-state index < -0.39 is 0 Å². The molecule has 1 aromatic heterocycles. The lowest BCUT2D eigenvalue weighted by Crippen LogP contribution is -1.73. The Balaban J connectivity index is 0.000000195. The van der Waals surface area contributed by atoms with Crippen molar-refractivity contribution in [2.45, 2.75) is 6.92 Å². The lowest BCUT2D eigenvalue weighted by atomic mass is 10.2. The number of aldehydes is 1. The quantitative estimate of drug-likeness (QED) is 0.522. The van der Waals surface area contributed by atoms with Crippen LogP contribution in [0.1, 0.15) is 6.92 Å². The number of allylic oxidation sites excluding steroid dienone is 2. The van der Waals surface area contributed by atoms with Crippen LogP contribution in [0.25, 0.3) is 10.9 Å². The van der Waals surface area contributed by atoms with Gasteiger partial charge in [-0.25, -0.2) is 0 Å². The smallest absolute Gasteiger partial charge is 0.142 e. The summed E-state index contributed by atoms with van der Waals surface area (Å²) in [5, 5.41) is 1.20. The average molecular weight is 199 g/mol. The molecule has 1 aromatic carbocycles. The van der Waals surface area contributed by atoms with Gasteiger partial charge in [-0.2, -0.15) is 0 Å². The molecule has 0 radical (unpaired) electrons. The molecule has 0 saturated carbocycles. The highest BCUT2D eigenvalue weighted by Gasteiger charge is 1.86. The molecule has 2 rings (SSSR count). The van der Waals surface area contributed by atoms with Crippen molar-refractivity contribution in [2.75, 3.05) is 0 Å². The minimum absolute atomic E-state index is 0.750. The second-order valence-electron chi connectivity index (χ2n) is 2.86. The molecule has 2 aromatic rings. The second kappa shape index (κ2) is 6.49. The minimum Gasteiger partial charge on any atom is -0.299 e. The van der Waals surface area contributed by atoms with Crippen molar-refractivity contribution in [3.05, 3.63) is 54.7 Å². The van der Waals surface area contributed by atoms with Crippen molar-refractivity contribution < 1.29 is 4.79 Å². The van der Waals surface area contributed by atoms with Crippen molar-refractivity contribution in [3.63, 3.8) is 0 Å². The molecule has 0 N–H and O–H groups in total. The van der Waals surface area contributed by atoms with Gasteiger partial charge in [0.25, 0.3) is 0 Å². The Morgan fingerprint density at radius 3 is 2.47 bits per heavy atom. The number of carbonyl (C=O) groups excluding carboxylic acids is 1. The van der Waals surface area contributed by atoms with Crippen LogP contribution in [-0.4, -0.2) is 11.3 Å². The molecule has 0 bridgehead atoms. The Labute approximate surface area is 89.3 Å². The van der Waals surface area contributed by atoms with Gasteiger partial charge in [0.2, 0.25) is 0 Å². The third-order valence-corrected chi connectivity index (χ3v) is 1.78. The van der Waals surface area contributed by atoms with E-state index in [1.165, 1.54) is 11.5 Å². The highest BCUT2D eigenvalue weighted by atomic mass is 16.1. The van der Waals surface area contributed by atoms with Crippen LogP contribution in [0.3, 0.4) is 0 Å². The van der Waals surface area contributed by atoms with Crippen LogP contribution in [0.5, 0.6) is 0 Å². The fourth-order valence-electron chi connectivity index (χ4n) is 1.09. The number of nitrogens with zero attached hydrogens (tertiary/aromatic N) is 1. The van der Waals surface area contributed by atoms with E-state index in [-0.39, 0.29) is 0 Å². The number of para-hydroxylation sites is 1. The largest absolute Gasteiger partial charge is 0.299 e. The maximum absolute atomic E-state index is 9.32. The van der Waals surface area contributed by atoms with Crippen molar-refractivity contribution in [2.24, 2.45) is 0 Å². The molecule has 76 valence electrons. The van der Waals surface area contributed by atoms with Crippen LogP contribution in [-0.2, 0) is 4.79 Å². The lowest BCUT2D eigenvalue weighted by molar-refractivity contribution is -0.104. The van der Waals surface area contributed by atoms with Crippen LogP contribution < -0.4 is 0 Å². The monoisotopic (exact) mass is 199 g/mol. The summed E-state index contributed by atoms with van der Waals surface area (Å²) in [6, 6.07) is 12.1. The molecule has 0 aliphatic rings. The van der Waals surface area contributed by atoms with Gasteiger partial charge < -0.3 is 0 Å². The second-order valence-corrected chi connectivity index (χ2v) is 2.86. The van der Waals surface area contributed by atoms with Crippen molar-refractivity contribution in [1.29, 1.82) is 0 Å².